The van der Waals surface area contributed by atoms with Gasteiger partial charge in [0.05, 0.1) is 6.61 Å². The summed E-state index contributed by atoms with van der Waals surface area (Å²) in [4.78, 5) is 14.0. The van der Waals surface area contributed by atoms with Gasteiger partial charge in [-0.15, -0.1) is 11.8 Å². The van der Waals surface area contributed by atoms with Crippen LogP contribution in [0.2, 0.25) is 0 Å². The topological polar surface area (TPSA) is 38.3 Å². The summed E-state index contributed by atoms with van der Waals surface area (Å²) in [6, 6.07) is 20.1. The van der Waals surface area contributed by atoms with Gasteiger partial charge < -0.3 is 10.1 Å². The average Bonchev–Trinajstić information content (AvgIpc) is 2.72. The van der Waals surface area contributed by atoms with Gasteiger partial charge in [0.15, 0.2) is 0 Å². The summed E-state index contributed by atoms with van der Waals surface area (Å²) in [5.74, 6) is 1.46. The number of anilines is 1. The number of hydrogen-bond acceptors (Lipinski definition) is 3. The predicted molar refractivity (Wildman–Crippen MR) is 122 cm³/mol. The molecular formula is C25H27NO2S. The molecule has 0 aliphatic carbocycles. The first-order chi connectivity index (χ1) is 14.0. The Morgan fingerprint density at radius 1 is 1.00 bits per heavy atom. The smallest absolute Gasteiger partial charge is 0.255 e. The van der Waals surface area contributed by atoms with E-state index in [2.05, 4.69) is 36.5 Å². The van der Waals surface area contributed by atoms with Gasteiger partial charge in [0.2, 0.25) is 0 Å². The molecule has 3 aromatic carbocycles. The monoisotopic (exact) mass is 405 g/mol. The van der Waals surface area contributed by atoms with Crippen LogP contribution in [0, 0.1) is 20.8 Å². The Morgan fingerprint density at radius 3 is 2.48 bits per heavy atom. The third-order valence-corrected chi connectivity index (χ3v) is 5.95. The van der Waals surface area contributed by atoms with E-state index >= 15 is 0 Å². The highest BCUT2D eigenvalue weighted by Gasteiger charge is 2.13. The molecule has 150 valence electrons. The van der Waals surface area contributed by atoms with Gasteiger partial charge in [-0.3, -0.25) is 4.79 Å². The minimum absolute atomic E-state index is 0.108. The van der Waals surface area contributed by atoms with Crippen LogP contribution < -0.4 is 10.1 Å². The van der Waals surface area contributed by atoms with Crippen molar-refractivity contribution in [3.63, 3.8) is 0 Å². The molecule has 0 fully saturated rings. The number of rotatable bonds is 7. The van der Waals surface area contributed by atoms with Gasteiger partial charge in [-0.25, -0.2) is 0 Å². The molecule has 29 heavy (non-hydrogen) atoms. The van der Waals surface area contributed by atoms with E-state index in [9.17, 15) is 4.79 Å². The maximum absolute atomic E-state index is 12.9. The zero-order valence-electron chi connectivity index (χ0n) is 17.4. The standard InChI is InChI=1S/C25H27NO2S/c1-5-28-24-14-11-20(25(27)26-23-8-6-7-18(3)19(23)4)15-21(24)16-29-22-12-9-17(2)10-13-22/h6-15H,5,16H2,1-4H3,(H,26,27). The summed E-state index contributed by atoms with van der Waals surface area (Å²) in [5.41, 5.74) is 5.99. The maximum Gasteiger partial charge on any atom is 0.255 e. The molecule has 1 amide bonds. The Bertz CT molecular complexity index is 996. The van der Waals surface area contributed by atoms with Crippen molar-refractivity contribution in [1.29, 1.82) is 0 Å². The zero-order valence-corrected chi connectivity index (χ0v) is 18.2. The molecule has 3 rings (SSSR count). The van der Waals surface area contributed by atoms with Gasteiger partial charge in [0.25, 0.3) is 5.91 Å². The van der Waals surface area contributed by atoms with E-state index in [1.807, 2.05) is 57.2 Å². The molecule has 3 aromatic rings. The number of benzene rings is 3. The zero-order chi connectivity index (χ0) is 20.8. The first kappa shape index (κ1) is 21.0. The van der Waals surface area contributed by atoms with Gasteiger partial charge >= 0.3 is 0 Å². The molecule has 0 saturated heterocycles. The molecule has 0 unspecified atom stereocenters. The van der Waals surface area contributed by atoms with E-state index in [1.54, 1.807) is 11.8 Å². The minimum atomic E-state index is -0.108. The van der Waals surface area contributed by atoms with Crippen LogP contribution >= 0.6 is 11.8 Å². The van der Waals surface area contributed by atoms with E-state index in [0.717, 1.165) is 33.9 Å². The summed E-state index contributed by atoms with van der Waals surface area (Å²) in [6.07, 6.45) is 0. The molecular weight excluding hydrogens is 378 g/mol. The van der Waals surface area contributed by atoms with Gasteiger partial charge in [0, 0.05) is 27.5 Å². The third kappa shape index (κ3) is 5.42. The lowest BCUT2D eigenvalue weighted by Crippen LogP contribution is -2.13. The van der Waals surface area contributed by atoms with Crippen molar-refractivity contribution in [2.45, 2.75) is 38.3 Å². The molecule has 0 aliphatic rings. The van der Waals surface area contributed by atoms with Crippen LogP contribution in [0.25, 0.3) is 0 Å². The van der Waals surface area contributed by atoms with Crippen LogP contribution in [-0.2, 0) is 5.75 Å². The summed E-state index contributed by atoms with van der Waals surface area (Å²) in [5, 5.41) is 3.04. The number of thioether (sulfide) groups is 1. The number of ether oxygens (including phenoxy) is 1. The Hall–Kier alpha value is -2.72. The quantitative estimate of drug-likeness (QED) is 0.453. The van der Waals surface area contributed by atoms with E-state index in [-0.39, 0.29) is 5.91 Å². The molecule has 0 aliphatic heterocycles. The van der Waals surface area contributed by atoms with Crippen LogP contribution in [0.5, 0.6) is 5.75 Å². The normalized spacial score (nSPS) is 10.6. The van der Waals surface area contributed by atoms with Gasteiger partial charge in [-0.05, 0) is 75.2 Å². The fourth-order valence-corrected chi connectivity index (χ4v) is 3.88. The summed E-state index contributed by atoms with van der Waals surface area (Å²) in [6.45, 7) is 8.71. The van der Waals surface area contributed by atoms with Crippen molar-refractivity contribution in [3.05, 3.63) is 88.5 Å². The molecule has 0 aromatic heterocycles. The van der Waals surface area contributed by atoms with Crippen molar-refractivity contribution in [3.8, 4) is 5.75 Å². The van der Waals surface area contributed by atoms with Crippen molar-refractivity contribution in [1.82, 2.24) is 0 Å². The molecule has 4 heteroatoms. The second-order valence-electron chi connectivity index (χ2n) is 7.06. The molecule has 0 bridgehead atoms. The summed E-state index contributed by atoms with van der Waals surface area (Å²) >= 11 is 1.74. The van der Waals surface area contributed by atoms with Crippen molar-refractivity contribution in [2.75, 3.05) is 11.9 Å². The fourth-order valence-electron chi connectivity index (χ4n) is 3.01. The largest absolute Gasteiger partial charge is 0.494 e. The highest BCUT2D eigenvalue weighted by molar-refractivity contribution is 7.98. The first-order valence-electron chi connectivity index (χ1n) is 9.80. The highest BCUT2D eigenvalue weighted by atomic mass is 32.2. The second-order valence-corrected chi connectivity index (χ2v) is 8.11. The van der Waals surface area contributed by atoms with Gasteiger partial charge in [-0.1, -0.05) is 29.8 Å². The van der Waals surface area contributed by atoms with E-state index in [0.29, 0.717) is 12.2 Å². The molecule has 0 radical (unpaired) electrons. The van der Waals surface area contributed by atoms with Crippen LogP contribution in [0.4, 0.5) is 5.69 Å². The number of carbonyl (C=O) groups is 1. The Labute approximate surface area is 177 Å². The van der Waals surface area contributed by atoms with Gasteiger partial charge in [-0.2, -0.15) is 0 Å². The van der Waals surface area contributed by atoms with Crippen molar-refractivity contribution < 1.29 is 9.53 Å². The first-order valence-corrected chi connectivity index (χ1v) is 10.8. The maximum atomic E-state index is 12.9. The van der Waals surface area contributed by atoms with Crippen molar-refractivity contribution >= 4 is 23.4 Å². The second kappa shape index (κ2) is 9.66. The SMILES string of the molecule is CCOc1ccc(C(=O)Nc2cccc(C)c2C)cc1CSc1ccc(C)cc1. The van der Waals surface area contributed by atoms with Crippen LogP contribution in [0.3, 0.4) is 0 Å². The number of aryl methyl sites for hydroxylation is 2. The Morgan fingerprint density at radius 2 is 1.76 bits per heavy atom. The molecule has 1 N–H and O–H groups in total. The van der Waals surface area contributed by atoms with E-state index in [4.69, 9.17) is 4.74 Å². The third-order valence-electron chi connectivity index (χ3n) is 4.89. The summed E-state index contributed by atoms with van der Waals surface area (Å²) < 4.78 is 5.79. The number of hydrogen-bond donors (Lipinski definition) is 1. The highest BCUT2D eigenvalue weighted by Crippen LogP contribution is 2.30. The summed E-state index contributed by atoms with van der Waals surface area (Å²) in [7, 11) is 0. The fraction of sp³-hybridized carbons (Fsp3) is 0.240. The van der Waals surface area contributed by atoms with E-state index < -0.39 is 0 Å². The Kier molecular flexibility index (Phi) is 6.99. The average molecular weight is 406 g/mol. The van der Waals surface area contributed by atoms with E-state index in [1.165, 1.54) is 10.5 Å². The van der Waals surface area contributed by atoms with Crippen LogP contribution in [0.15, 0.2) is 65.6 Å². The molecule has 0 spiro atoms. The Balaban J connectivity index is 1.80. The number of nitrogens with one attached hydrogen (secondary N) is 1. The molecule has 0 atom stereocenters. The minimum Gasteiger partial charge on any atom is -0.494 e. The number of amides is 1. The van der Waals surface area contributed by atoms with Crippen LogP contribution in [-0.4, -0.2) is 12.5 Å². The van der Waals surface area contributed by atoms with Crippen LogP contribution in [0.1, 0.15) is 39.5 Å². The molecule has 0 saturated carbocycles. The lowest BCUT2D eigenvalue weighted by molar-refractivity contribution is 0.102. The molecule has 0 heterocycles. The predicted octanol–water partition coefficient (Wildman–Crippen LogP) is 6.56. The lowest BCUT2D eigenvalue weighted by atomic mass is 10.1. The van der Waals surface area contributed by atoms with Gasteiger partial charge in [0.1, 0.15) is 5.75 Å². The molecule has 3 nitrogen and oxygen atoms in total. The lowest BCUT2D eigenvalue weighted by Gasteiger charge is -2.14. The number of carbonyl (C=O) groups excluding carboxylic acids is 1. The van der Waals surface area contributed by atoms with Crippen molar-refractivity contribution in [2.24, 2.45) is 0 Å².